The van der Waals surface area contributed by atoms with Crippen molar-refractivity contribution in [1.82, 2.24) is 9.58 Å². The van der Waals surface area contributed by atoms with Crippen LogP contribution in [0.15, 0.2) is 70.3 Å². The summed E-state index contributed by atoms with van der Waals surface area (Å²) in [5.74, 6) is -0.368. The second kappa shape index (κ2) is 8.57. The zero-order valence-electron chi connectivity index (χ0n) is 19.6. The van der Waals surface area contributed by atoms with E-state index in [1.54, 1.807) is 6.08 Å². The SMILES string of the molecule is CCc1ccccc1-n1c(C)cc(/C=C2/C(=N)N3N=C(c4cccc(C)c4)SC3=NC2=O)c1C. The third-order valence-electron chi connectivity index (χ3n) is 6.10. The van der Waals surface area contributed by atoms with Gasteiger partial charge >= 0.3 is 0 Å². The Morgan fingerprint density at radius 1 is 1.06 bits per heavy atom. The number of amides is 1. The number of hydrogen-bond donors (Lipinski definition) is 1. The second-order valence-corrected chi connectivity index (χ2v) is 9.39. The van der Waals surface area contributed by atoms with Gasteiger partial charge < -0.3 is 4.57 Å². The first-order chi connectivity index (χ1) is 16.4. The second-order valence-electron chi connectivity index (χ2n) is 8.44. The fourth-order valence-corrected chi connectivity index (χ4v) is 5.26. The maximum absolute atomic E-state index is 12.9. The lowest BCUT2D eigenvalue weighted by Crippen LogP contribution is -2.35. The summed E-state index contributed by atoms with van der Waals surface area (Å²) in [4.78, 5) is 17.2. The van der Waals surface area contributed by atoms with Crippen molar-refractivity contribution in [3.8, 4) is 5.69 Å². The number of aromatic nitrogens is 1. The van der Waals surface area contributed by atoms with Gasteiger partial charge in [-0.1, -0.05) is 48.9 Å². The number of aliphatic imine (C=N–C) groups is 1. The third-order valence-corrected chi connectivity index (χ3v) is 7.06. The van der Waals surface area contributed by atoms with Crippen LogP contribution in [0.25, 0.3) is 11.8 Å². The fourth-order valence-electron chi connectivity index (χ4n) is 4.37. The van der Waals surface area contributed by atoms with Gasteiger partial charge in [-0.15, -0.1) is 0 Å². The Labute approximate surface area is 203 Å². The fraction of sp³-hybridized carbons (Fsp3) is 0.185. The van der Waals surface area contributed by atoms with Crippen LogP contribution >= 0.6 is 11.8 Å². The molecule has 1 aromatic heterocycles. The predicted octanol–water partition coefficient (Wildman–Crippen LogP) is 5.63. The van der Waals surface area contributed by atoms with Crippen LogP contribution in [-0.2, 0) is 11.2 Å². The summed E-state index contributed by atoms with van der Waals surface area (Å²) in [5.41, 5.74) is 7.68. The molecule has 2 aliphatic rings. The molecule has 6 nitrogen and oxygen atoms in total. The Kier molecular flexibility index (Phi) is 5.57. The van der Waals surface area contributed by atoms with Crippen molar-refractivity contribution in [3.05, 3.63) is 93.8 Å². The number of carbonyl (C=O) groups is 1. The summed E-state index contributed by atoms with van der Waals surface area (Å²) < 4.78 is 2.20. The highest BCUT2D eigenvalue weighted by Crippen LogP contribution is 2.32. The highest BCUT2D eigenvalue weighted by molar-refractivity contribution is 8.27. The van der Waals surface area contributed by atoms with E-state index >= 15 is 0 Å². The van der Waals surface area contributed by atoms with Gasteiger partial charge in [-0.05, 0) is 74.4 Å². The molecule has 0 saturated heterocycles. The molecule has 2 aromatic carbocycles. The number of hydrazone groups is 1. The van der Waals surface area contributed by atoms with Gasteiger partial charge in [0, 0.05) is 22.6 Å². The van der Waals surface area contributed by atoms with Crippen molar-refractivity contribution in [2.24, 2.45) is 10.1 Å². The van der Waals surface area contributed by atoms with Crippen LogP contribution in [0.4, 0.5) is 0 Å². The minimum atomic E-state index is -0.414. The van der Waals surface area contributed by atoms with Gasteiger partial charge in [-0.25, -0.2) is 0 Å². The van der Waals surface area contributed by atoms with Crippen LogP contribution in [0.1, 0.15) is 40.6 Å². The van der Waals surface area contributed by atoms with Crippen LogP contribution < -0.4 is 0 Å². The third kappa shape index (κ3) is 3.72. The standard InChI is InChI=1S/C27H25N5OS/c1-5-19-10-6-7-12-23(19)31-17(3)14-21(18(31)4)15-22-24(28)32-27(29-25(22)33)34-26(30-32)20-11-8-9-16(2)13-20/h6-15,28H,5H2,1-4H3/b22-15-,28-24?. The summed E-state index contributed by atoms with van der Waals surface area (Å²) in [5, 5.41) is 16.0. The lowest BCUT2D eigenvalue weighted by molar-refractivity contribution is -0.114. The number of amidine groups is 2. The molecule has 34 heavy (non-hydrogen) atoms. The molecule has 3 heterocycles. The molecule has 7 heteroatoms. The van der Waals surface area contributed by atoms with E-state index in [-0.39, 0.29) is 11.4 Å². The summed E-state index contributed by atoms with van der Waals surface area (Å²) in [7, 11) is 0. The largest absolute Gasteiger partial charge is 0.318 e. The Hall–Kier alpha value is -3.71. The van der Waals surface area contributed by atoms with Crippen LogP contribution in [0.2, 0.25) is 0 Å². The zero-order chi connectivity index (χ0) is 24.0. The van der Waals surface area contributed by atoms with E-state index in [1.165, 1.54) is 22.3 Å². The number of nitrogens with zero attached hydrogens (tertiary/aromatic N) is 4. The summed E-state index contributed by atoms with van der Waals surface area (Å²) in [6.07, 6.45) is 2.70. The number of nitrogens with one attached hydrogen (secondary N) is 1. The van der Waals surface area contributed by atoms with Crippen molar-refractivity contribution in [3.63, 3.8) is 0 Å². The molecule has 0 unspecified atom stereocenters. The number of thioether (sulfide) groups is 1. The minimum Gasteiger partial charge on any atom is -0.318 e. The van der Waals surface area contributed by atoms with Gasteiger partial charge in [0.15, 0.2) is 5.84 Å². The number of fused-ring (bicyclic) bond motifs is 1. The van der Waals surface area contributed by atoms with Crippen molar-refractivity contribution in [2.75, 3.05) is 0 Å². The Bertz CT molecular complexity index is 1440. The molecule has 0 saturated carbocycles. The maximum atomic E-state index is 12.9. The Morgan fingerprint density at radius 3 is 2.62 bits per heavy atom. The lowest BCUT2D eigenvalue weighted by atomic mass is 10.1. The quantitative estimate of drug-likeness (QED) is 0.505. The minimum absolute atomic E-state index is 0.0453. The maximum Gasteiger partial charge on any atom is 0.283 e. The molecule has 0 atom stereocenters. The number of aryl methyl sites for hydroxylation is 3. The van der Waals surface area contributed by atoms with Gasteiger partial charge in [-0.3, -0.25) is 10.2 Å². The molecule has 0 bridgehead atoms. The summed E-state index contributed by atoms with van der Waals surface area (Å²) in [6, 6.07) is 18.4. The van der Waals surface area contributed by atoms with E-state index in [9.17, 15) is 4.79 Å². The van der Waals surface area contributed by atoms with Crippen LogP contribution in [-0.4, -0.2) is 31.5 Å². The first kappa shape index (κ1) is 22.1. The summed E-state index contributed by atoms with van der Waals surface area (Å²) in [6.45, 7) is 8.27. The number of para-hydroxylation sites is 1. The van der Waals surface area contributed by atoms with E-state index in [0.29, 0.717) is 5.17 Å². The highest BCUT2D eigenvalue weighted by Gasteiger charge is 2.36. The molecule has 0 radical (unpaired) electrons. The van der Waals surface area contributed by atoms with Crippen molar-refractivity contribution in [1.29, 1.82) is 5.41 Å². The molecule has 0 aliphatic carbocycles. The predicted molar refractivity (Wildman–Crippen MR) is 140 cm³/mol. The molecule has 0 fully saturated rings. The zero-order valence-corrected chi connectivity index (χ0v) is 20.4. The first-order valence-corrected chi connectivity index (χ1v) is 12.0. The lowest BCUT2D eigenvalue weighted by Gasteiger charge is -2.20. The van der Waals surface area contributed by atoms with Crippen LogP contribution in [0, 0.1) is 26.2 Å². The van der Waals surface area contributed by atoms with Gasteiger partial charge in [0.1, 0.15) is 5.04 Å². The first-order valence-electron chi connectivity index (χ1n) is 11.2. The topological polar surface area (TPSA) is 73.8 Å². The monoisotopic (exact) mass is 467 g/mol. The van der Waals surface area contributed by atoms with Crippen molar-refractivity contribution in [2.45, 2.75) is 34.1 Å². The molecule has 2 aliphatic heterocycles. The van der Waals surface area contributed by atoms with Crippen LogP contribution in [0.5, 0.6) is 0 Å². The molecular formula is C27H25N5OS. The van der Waals surface area contributed by atoms with Gasteiger partial charge in [0.25, 0.3) is 5.91 Å². The van der Waals surface area contributed by atoms with Crippen molar-refractivity contribution < 1.29 is 4.79 Å². The average molecular weight is 468 g/mol. The molecule has 5 rings (SSSR count). The number of carbonyl (C=O) groups excluding carboxylic acids is 1. The number of benzene rings is 2. The van der Waals surface area contributed by atoms with E-state index < -0.39 is 5.91 Å². The number of rotatable bonds is 4. The number of hydrogen-bond acceptors (Lipinski definition) is 4. The van der Waals surface area contributed by atoms with Gasteiger partial charge in [0.05, 0.1) is 5.57 Å². The average Bonchev–Trinajstić information content (AvgIpc) is 3.37. The van der Waals surface area contributed by atoms with E-state index in [2.05, 4.69) is 52.8 Å². The van der Waals surface area contributed by atoms with Gasteiger partial charge in [0.2, 0.25) is 5.17 Å². The smallest absolute Gasteiger partial charge is 0.283 e. The van der Waals surface area contributed by atoms with Gasteiger partial charge in [-0.2, -0.15) is 15.1 Å². The summed E-state index contributed by atoms with van der Waals surface area (Å²) >= 11 is 1.32. The van der Waals surface area contributed by atoms with E-state index in [0.717, 1.165) is 45.2 Å². The van der Waals surface area contributed by atoms with Crippen LogP contribution in [0.3, 0.4) is 0 Å². The molecular weight excluding hydrogens is 442 g/mol. The normalized spacial score (nSPS) is 16.7. The van der Waals surface area contributed by atoms with E-state index in [4.69, 9.17) is 5.41 Å². The molecule has 0 spiro atoms. The van der Waals surface area contributed by atoms with E-state index in [1.807, 2.05) is 44.2 Å². The van der Waals surface area contributed by atoms with Crippen molar-refractivity contribution >= 4 is 39.8 Å². The molecule has 1 amide bonds. The molecule has 3 aromatic rings. The Balaban J connectivity index is 1.53. The highest BCUT2D eigenvalue weighted by atomic mass is 32.2. The Morgan fingerprint density at radius 2 is 1.85 bits per heavy atom. The molecule has 170 valence electrons. The molecule has 1 N–H and O–H groups in total.